The molecule has 0 aliphatic heterocycles. The summed E-state index contributed by atoms with van der Waals surface area (Å²) in [5.74, 6) is 0. The second kappa shape index (κ2) is 4.06. The second-order valence-electron chi connectivity index (χ2n) is 3.06. The normalized spacial score (nSPS) is 10.3. The van der Waals surface area contributed by atoms with E-state index >= 15 is 0 Å². The average Bonchev–Trinajstić information content (AvgIpc) is 1.96. The quantitative estimate of drug-likeness (QED) is 0.827. The summed E-state index contributed by atoms with van der Waals surface area (Å²) in [6.45, 7) is 4.98. The number of nitrogens with two attached hydrogens (primary N) is 1. The highest BCUT2D eigenvalue weighted by molar-refractivity contribution is 9.10. The summed E-state index contributed by atoms with van der Waals surface area (Å²) >= 11 is 3.47. The monoisotopic (exact) mass is 227 g/mol. The van der Waals surface area contributed by atoms with Crippen LogP contribution in [0, 0.1) is 13.8 Å². The summed E-state index contributed by atoms with van der Waals surface area (Å²) in [6, 6.07) is 4.27. The predicted octanol–water partition coefficient (Wildman–Crippen LogP) is 2.57. The van der Waals surface area contributed by atoms with Crippen LogP contribution in [0.2, 0.25) is 0 Å². The van der Waals surface area contributed by atoms with Crippen molar-refractivity contribution < 1.29 is 0 Å². The van der Waals surface area contributed by atoms with E-state index in [-0.39, 0.29) is 0 Å². The van der Waals surface area contributed by atoms with E-state index in [4.69, 9.17) is 5.73 Å². The maximum Gasteiger partial charge on any atom is 0.0180 e. The van der Waals surface area contributed by atoms with Crippen LogP contribution < -0.4 is 5.73 Å². The summed E-state index contributed by atoms with van der Waals surface area (Å²) in [7, 11) is 0. The van der Waals surface area contributed by atoms with Crippen molar-refractivity contribution in [2.75, 3.05) is 6.54 Å². The highest BCUT2D eigenvalue weighted by Gasteiger charge is 2.02. The molecule has 0 saturated carbocycles. The average molecular weight is 228 g/mol. The molecule has 0 radical (unpaired) electrons. The highest BCUT2D eigenvalue weighted by atomic mass is 79.9. The first-order chi connectivity index (χ1) is 5.65. The lowest BCUT2D eigenvalue weighted by Crippen LogP contribution is -2.05. The third kappa shape index (κ3) is 2.08. The molecular weight excluding hydrogens is 214 g/mol. The van der Waals surface area contributed by atoms with Crippen LogP contribution in [0.1, 0.15) is 16.7 Å². The third-order valence-electron chi connectivity index (χ3n) is 2.06. The number of rotatable bonds is 2. The van der Waals surface area contributed by atoms with Crippen molar-refractivity contribution >= 4 is 15.9 Å². The van der Waals surface area contributed by atoms with Gasteiger partial charge in [0.05, 0.1) is 0 Å². The molecule has 0 atom stereocenters. The predicted molar refractivity (Wildman–Crippen MR) is 56.4 cm³/mol. The Balaban J connectivity index is 3.10. The third-order valence-corrected chi connectivity index (χ3v) is 2.51. The Morgan fingerprint density at radius 1 is 1.25 bits per heavy atom. The zero-order valence-electron chi connectivity index (χ0n) is 7.52. The largest absolute Gasteiger partial charge is 0.330 e. The Bertz CT molecular complexity index is 258. The van der Waals surface area contributed by atoms with E-state index in [9.17, 15) is 0 Å². The van der Waals surface area contributed by atoms with E-state index < -0.39 is 0 Å². The topological polar surface area (TPSA) is 26.0 Å². The second-order valence-corrected chi connectivity index (χ2v) is 3.97. The number of benzene rings is 1. The van der Waals surface area contributed by atoms with Gasteiger partial charge in [0, 0.05) is 4.47 Å². The first-order valence-electron chi connectivity index (χ1n) is 4.11. The summed E-state index contributed by atoms with van der Waals surface area (Å²) in [5, 5.41) is 0. The molecule has 12 heavy (non-hydrogen) atoms. The molecule has 0 unspecified atom stereocenters. The molecule has 0 aliphatic carbocycles. The summed E-state index contributed by atoms with van der Waals surface area (Å²) in [5.41, 5.74) is 9.57. The van der Waals surface area contributed by atoms with Gasteiger partial charge < -0.3 is 5.73 Å². The minimum absolute atomic E-state index is 0.726. The van der Waals surface area contributed by atoms with Gasteiger partial charge in [0.1, 0.15) is 0 Å². The van der Waals surface area contributed by atoms with Crippen LogP contribution in [0.4, 0.5) is 0 Å². The smallest absolute Gasteiger partial charge is 0.0180 e. The van der Waals surface area contributed by atoms with E-state index in [1.54, 1.807) is 0 Å². The van der Waals surface area contributed by atoms with Gasteiger partial charge in [-0.25, -0.2) is 0 Å². The lowest BCUT2D eigenvalue weighted by atomic mass is 10.0. The first kappa shape index (κ1) is 9.75. The minimum atomic E-state index is 0.726. The molecule has 2 N–H and O–H groups in total. The maximum absolute atomic E-state index is 5.52. The van der Waals surface area contributed by atoms with Crippen LogP contribution in [0.3, 0.4) is 0 Å². The molecular formula is C10H14BrN. The van der Waals surface area contributed by atoms with Crippen molar-refractivity contribution in [3.05, 3.63) is 33.3 Å². The maximum atomic E-state index is 5.52. The van der Waals surface area contributed by atoms with Gasteiger partial charge in [-0.3, -0.25) is 0 Å². The molecule has 0 amide bonds. The highest BCUT2D eigenvalue weighted by Crippen LogP contribution is 2.20. The Hall–Kier alpha value is -0.340. The standard InChI is InChI=1S/C10H14BrN/c1-7-5-9(11)6-8(2)10(7)3-4-12/h5-6H,3-4,12H2,1-2H3. The van der Waals surface area contributed by atoms with E-state index in [1.165, 1.54) is 16.7 Å². The van der Waals surface area contributed by atoms with Gasteiger partial charge >= 0.3 is 0 Å². The van der Waals surface area contributed by atoms with E-state index in [0.717, 1.165) is 17.4 Å². The Kier molecular flexibility index (Phi) is 3.29. The SMILES string of the molecule is Cc1cc(Br)cc(C)c1CCN. The molecule has 1 aromatic rings. The Morgan fingerprint density at radius 3 is 2.17 bits per heavy atom. The van der Waals surface area contributed by atoms with Crippen molar-refractivity contribution in [3.63, 3.8) is 0 Å². The molecule has 0 aromatic heterocycles. The molecule has 1 nitrogen and oxygen atoms in total. The number of halogens is 1. The van der Waals surface area contributed by atoms with Crippen LogP contribution in [-0.4, -0.2) is 6.54 Å². The molecule has 1 rings (SSSR count). The van der Waals surface area contributed by atoms with Gasteiger partial charge in [-0.1, -0.05) is 15.9 Å². The van der Waals surface area contributed by atoms with Crippen LogP contribution in [0.25, 0.3) is 0 Å². The number of aryl methyl sites for hydroxylation is 2. The van der Waals surface area contributed by atoms with Crippen LogP contribution in [-0.2, 0) is 6.42 Å². The fourth-order valence-corrected chi connectivity index (χ4v) is 2.17. The number of hydrogen-bond donors (Lipinski definition) is 1. The minimum Gasteiger partial charge on any atom is -0.330 e. The molecule has 2 heteroatoms. The summed E-state index contributed by atoms with van der Waals surface area (Å²) < 4.78 is 1.15. The van der Waals surface area contributed by atoms with Gasteiger partial charge in [0.2, 0.25) is 0 Å². The zero-order valence-corrected chi connectivity index (χ0v) is 9.11. The molecule has 0 saturated heterocycles. The van der Waals surface area contributed by atoms with Crippen LogP contribution in [0.15, 0.2) is 16.6 Å². The first-order valence-corrected chi connectivity index (χ1v) is 4.90. The Labute approximate surface area is 82.1 Å². The van der Waals surface area contributed by atoms with Crippen molar-refractivity contribution in [1.82, 2.24) is 0 Å². The summed E-state index contributed by atoms with van der Waals surface area (Å²) in [4.78, 5) is 0. The fraction of sp³-hybridized carbons (Fsp3) is 0.400. The van der Waals surface area contributed by atoms with Crippen molar-refractivity contribution in [2.24, 2.45) is 5.73 Å². The van der Waals surface area contributed by atoms with E-state index in [1.807, 2.05) is 0 Å². The molecule has 0 aliphatic rings. The fourth-order valence-electron chi connectivity index (χ4n) is 1.48. The molecule has 0 bridgehead atoms. The van der Waals surface area contributed by atoms with Gasteiger partial charge in [-0.15, -0.1) is 0 Å². The van der Waals surface area contributed by atoms with Crippen molar-refractivity contribution in [2.45, 2.75) is 20.3 Å². The lowest BCUT2D eigenvalue weighted by molar-refractivity contribution is 0.945. The van der Waals surface area contributed by atoms with Crippen LogP contribution in [0.5, 0.6) is 0 Å². The molecule has 0 spiro atoms. The molecule has 1 aromatic carbocycles. The molecule has 0 heterocycles. The molecule has 66 valence electrons. The number of hydrogen-bond acceptors (Lipinski definition) is 1. The van der Waals surface area contributed by atoms with Gasteiger partial charge in [0.15, 0.2) is 0 Å². The van der Waals surface area contributed by atoms with Gasteiger partial charge in [0.25, 0.3) is 0 Å². The molecule has 0 fully saturated rings. The van der Waals surface area contributed by atoms with Gasteiger partial charge in [-0.05, 0) is 55.6 Å². The Morgan fingerprint density at radius 2 is 1.75 bits per heavy atom. The van der Waals surface area contributed by atoms with Crippen molar-refractivity contribution in [3.8, 4) is 0 Å². The van der Waals surface area contributed by atoms with Gasteiger partial charge in [-0.2, -0.15) is 0 Å². The van der Waals surface area contributed by atoms with E-state index in [0.29, 0.717) is 0 Å². The van der Waals surface area contributed by atoms with Crippen molar-refractivity contribution in [1.29, 1.82) is 0 Å². The zero-order chi connectivity index (χ0) is 9.14. The summed E-state index contributed by atoms with van der Waals surface area (Å²) in [6.07, 6.45) is 0.977. The van der Waals surface area contributed by atoms with E-state index in [2.05, 4.69) is 41.9 Å². The lowest BCUT2D eigenvalue weighted by Gasteiger charge is -2.08. The van der Waals surface area contributed by atoms with Crippen LogP contribution >= 0.6 is 15.9 Å².